The van der Waals surface area contributed by atoms with Gasteiger partial charge in [0.2, 0.25) is 5.91 Å². The van der Waals surface area contributed by atoms with Crippen molar-refractivity contribution in [1.29, 1.82) is 0 Å². The van der Waals surface area contributed by atoms with E-state index in [1.807, 2.05) is 23.6 Å². The number of hydrogen-bond acceptors (Lipinski definition) is 4. The second-order valence-corrected chi connectivity index (χ2v) is 7.38. The van der Waals surface area contributed by atoms with Crippen LogP contribution in [0.4, 0.5) is 4.39 Å². The molecule has 25 heavy (non-hydrogen) atoms. The Balaban J connectivity index is 1.58. The van der Waals surface area contributed by atoms with Crippen LogP contribution in [-0.4, -0.2) is 10.9 Å². The summed E-state index contributed by atoms with van der Waals surface area (Å²) in [5.41, 5.74) is 1.45. The fraction of sp³-hybridized carbons (Fsp3) is 0.158. The normalized spacial score (nSPS) is 11.1. The van der Waals surface area contributed by atoms with Gasteiger partial charge in [-0.15, -0.1) is 22.7 Å². The highest BCUT2D eigenvalue weighted by molar-refractivity contribution is 7.16. The first-order valence-corrected chi connectivity index (χ1v) is 9.59. The maximum atomic E-state index is 13.8. The van der Waals surface area contributed by atoms with Gasteiger partial charge >= 0.3 is 0 Å². The van der Waals surface area contributed by atoms with E-state index >= 15 is 0 Å². The second kappa shape index (κ2) is 8.18. The molecule has 0 aliphatic carbocycles. The predicted molar refractivity (Wildman–Crippen MR) is 102 cm³/mol. The Bertz CT molecular complexity index is 898. The van der Waals surface area contributed by atoms with E-state index in [0.29, 0.717) is 12.1 Å². The highest BCUT2D eigenvalue weighted by Crippen LogP contribution is 2.30. The molecule has 1 amide bonds. The summed E-state index contributed by atoms with van der Waals surface area (Å²) < 4.78 is 13.8. The summed E-state index contributed by atoms with van der Waals surface area (Å²) in [7, 11) is 0. The lowest BCUT2D eigenvalue weighted by molar-refractivity contribution is -0.116. The van der Waals surface area contributed by atoms with Crippen LogP contribution in [0.5, 0.6) is 0 Å². The third kappa shape index (κ3) is 4.61. The minimum absolute atomic E-state index is 0.174. The fourth-order valence-corrected chi connectivity index (χ4v) is 3.92. The smallest absolute Gasteiger partial charge is 0.244 e. The maximum absolute atomic E-state index is 13.8. The lowest BCUT2D eigenvalue weighted by Gasteiger charge is -1.98. The molecule has 2 heterocycles. The number of amides is 1. The molecule has 1 aromatic carbocycles. The van der Waals surface area contributed by atoms with Crippen molar-refractivity contribution >= 4 is 34.7 Å². The molecule has 3 rings (SSSR count). The van der Waals surface area contributed by atoms with Crippen molar-refractivity contribution in [3.63, 3.8) is 0 Å². The molecule has 0 spiro atoms. The number of hydrogen-bond donors (Lipinski definition) is 1. The summed E-state index contributed by atoms with van der Waals surface area (Å²) in [4.78, 5) is 18.1. The number of nitrogens with one attached hydrogen (secondary N) is 1. The maximum Gasteiger partial charge on any atom is 0.244 e. The number of carbonyl (C=O) groups is 1. The van der Waals surface area contributed by atoms with E-state index in [-0.39, 0.29) is 11.7 Å². The zero-order valence-electron chi connectivity index (χ0n) is 13.7. The van der Waals surface area contributed by atoms with Crippen LogP contribution >= 0.6 is 22.7 Å². The minimum Gasteiger partial charge on any atom is -0.347 e. The molecule has 6 heteroatoms. The molecule has 0 atom stereocenters. The van der Waals surface area contributed by atoms with Crippen LogP contribution in [0.2, 0.25) is 0 Å². The van der Waals surface area contributed by atoms with Crippen molar-refractivity contribution in [3.8, 4) is 10.4 Å². The van der Waals surface area contributed by atoms with Gasteiger partial charge in [-0.05, 0) is 30.7 Å². The number of thiophene rings is 1. The summed E-state index contributed by atoms with van der Waals surface area (Å²) in [6.45, 7) is 2.48. The average molecular weight is 372 g/mol. The molecule has 128 valence electrons. The van der Waals surface area contributed by atoms with E-state index in [1.54, 1.807) is 29.5 Å². The van der Waals surface area contributed by atoms with Crippen molar-refractivity contribution < 1.29 is 9.18 Å². The Kier molecular flexibility index (Phi) is 5.73. The average Bonchev–Trinajstić information content (AvgIpc) is 3.28. The van der Waals surface area contributed by atoms with Gasteiger partial charge in [-0.3, -0.25) is 4.79 Å². The summed E-state index contributed by atoms with van der Waals surface area (Å²) in [6.07, 6.45) is 4.13. The quantitative estimate of drug-likeness (QED) is 0.625. The van der Waals surface area contributed by atoms with Gasteiger partial charge in [-0.2, -0.15) is 0 Å². The lowest BCUT2D eigenvalue weighted by Crippen LogP contribution is -2.20. The van der Waals surface area contributed by atoms with Crippen LogP contribution in [0, 0.1) is 5.82 Å². The molecule has 0 fully saturated rings. The van der Waals surface area contributed by atoms with Gasteiger partial charge in [0, 0.05) is 26.8 Å². The summed E-state index contributed by atoms with van der Waals surface area (Å²) in [5.74, 6) is -0.417. The monoisotopic (exact) mass is 372 g/mol. The molecule has 3 aromatic rings. The highest BCUT2D eigenvalue weighted by Gasteiger charge is 2.06. The number of aromatic nitrogens is 1. The molecule has 0 aliphatic rings. The van der Waals surface area contributed by atoms with Gasteiger partial charge in [0.1, 0.15) is 5.82 Å². The number of aryl methyl sites for hydroxylation is 1. The lowest BCUT2D eigenvalue weighted by atomic mass is 10.2. The first kappa shape index (κ1) is 17.5. The number of benzene rings is 1. The van der Waals surface area contributed by atoms with Crippen molar-refractivity contribution in [1.82, 2.24) is 10.3 Å². The Labute approximate surface area is 153 Å². The van der Waals surface area contributed by atoms with E-state index < -0.39 is 0 Å². The van der Waals surface area contributed by atoms with E-state index in [0.717, 1.165) is 26.9 Å². The van der Waals surface area contributed by atoms with Crippen LogP contribution < -0.4 is 5.32 Å². The molecule has 1 N–H and O–H groups in total. The van der Waals surface area contributed by atoms with Gasteiger partial charge < -0.3 is 5.32 Å². The molecule has 0 unspecified atom stereocenters. The molecule has 3 nitrogen and oxygen atoms in total. The summed E-state index contributed by atoms with van der Waals surface area (Å²) in [5, 5.41) is 5.85. The van der Waals surface area contributed by atoms with E-state index in [2.05, 4.69) is 17.2 Å². The number of halogens is 1. The largest absolute Gasteiger partial charge is 0.347 e. The standard InChI is InChI=1S/C19H17FN2OS2/c1-2-19-22-13(12-24-19)11-21-18(23)10-8-14-7-9-17(25-14)15-5-3-4-6-16(15)20/h3-10,12H,2,11H2,1H3,(H,21,23). The first-order valence-electron chi connectivity index (χ1n) is 7.89. The second-order valence-electron chi connectivity index (χ2n) is 5.32. The van der Waals surface area contributed by atoms with Gasteiger partial charge in [-0.1, -0.05) is 25.1 Å². The van der Waals surface area contributed by atoms with Crippen molar-refractivity contribution in [2.75, 3.05) is 0 Å². The zero-order chi connectivity index (χ0) is 17.6. The predicted octanol–water partition coefficient (Wildman–Crippen LogP) is 4.90. The van der Waals surface area contributed by atoms with Gasteiger partial charge in [-0.25, -0.2) is 9.37 Å². The Hall–Kier alpha value is -2.31. The molecule has 0 aliphatic heterocycles. The van der Waals surface area contributed by atoms with Crippen LogP contribution in [0.15, 0.2) is 47.9 Å². The Morgan fingerprint density at radius 1 is 1.28 bits per heavy atom. The van der Waals surface area contributed by atoms with Crippen LogP contribution in [0.3, 0.4) is 0 Å². The Morgan fingerprint density at radius 2 is 2.12 bits per heavy atom. The molecule has 0 bridgehead atoms. The van der Waals surface area contributed by atoms with Crippen LogP contribution in [0.1, 0.15) is 22.5 Å². The zero-order valence-corrected chi connectivity index (χ0v) is 15.3. The van der Waals surface area contributed by atoms with Crippen LogP contribution in [0.25, 0.3) is 16.5 Å². The van der Waals surface area contributed by atoms with Gasteiger partial charge in [0.15, 0.2) is 0 Å². The molecular weight excluding hydrogens is 355 g/mol. The molecule has 0 saturated heterocycles. The number of nitrogens with zero attached hydrogens (tertiary/aromatic N) is 1. The van der Waals surface area contributed by atoms with Crippen molar-refractivity contribution in [2.24, 2.45) is 0 Å². The third-order valence-corrected chi connectivity index (χ3v) is 5.64. The molecule has 0 saturated carbocycles. The van der Waals surface area contributed by atoms with Crippen molar-refractivity contribution in [3.05, 3.63) is 69.3 Å². The molecule has 0 radical (unpaired) electrons. The summed E-state index contributed by atoms with van der Waals surface area (Å²) in [6, 6.07) is 10.4. The number of carbonyl (C=O) groups excluding carboxylic acids is 1. The van der Waals surface area contributed by atoms with Crippen LogP contribution in [-0.2, 0) is 17.8 Å². The van der Waals surface area contributed by atoms with Gasteiger partial charge in [0.25, 0.3) is 0 Å². The van der Waals surface area contributed by atoms with E-state index in [4.69, 9.17) is 0 Å². The van der Waals surface area contributed by atoms with E-state index in [1.165, 1.54) is 23.5 Å². The number of thiazole rings is 1. The van der Waals surface area contributed by atoms with Crippen molar-refractivity contribution in [2.45, 2.75) is 19.9 Å². The van der Waals surface area contributed by atoms with E-state index in [9.17, 15) is 9.18 Å². The Morgan fingerprint density at radius 3 is 2.88 bits per heavy atom. The SMILES string of the molecule is CCc1nc(CNC(=O)C=Cc2ccc(-c3ccccc3F)s2)cs1. The minimum atomic E-state index is -0.243. The molecular formula is C19H17FN2OS2. The van der Waals surface area contributed by atoms with Gasteiger partial charge in [0.05, 0.1) is 17.2 Å². The third-order valence-electron chi connectivity index (χ3n) is 3.51. The number of rotatable bonds is 6. The highest BCUT2D eigenvalue weighted by atomic mass is 32.1. The molecule has 2 aromatic heterocycles. The fourth-order valence-electron chi connectivity index (χ4n) is 2.24. The first-order chi connectivity index (χ1) is 12.2. The topological polar surface area (TPSA) is 42.0 Å². The summed E-state index contributed by atoms with van der Waals surface area (Å²) >= 11 is 3.05.